The number of hydrogen-bond acceptors (Lipinski definition) is 5. The first-order valence-corrected chi connectivity index (χ1v) is 19.8. The lowest BCUT2D eigenvalue weighted by Crippen LogP contribution is -2.51. The molecule has 46 heavy (non-hydrogen) atoms. The number of ether oxygens (including phenoxy) is 1. The molecular weight excluding hydrogens is 568 g/mol. The molecular formula is C40H74N4O2. The van der Waals surface area contributed by atoms with Crippen LogP contribution in [0, 0.1) is 52.3 Å². The van der Waals surface area contributed by atoms with Crippen LogP contribution < -0.4 is 16.8 Å². The Labute approximate surface area is 284 Å². The zero-order valence-electron chi connectivity index (χ0n) is 31.0. The van der Waals surface area contributed by atoms with Gasteiger partial charge in [0, 0.05) is 19.5 Å². The molecule has 5 N–H and O–H groups in total. The van der Waals surface area contributed by atoms with Crippen LogP contribution in [0.2, 0.25) is 0 Å². The summed E-state index contributed by atoms with van der Waals surface area (Å²) in [7, 11) is 0. The average Bonchev–Trinajstić information content (AvgIpc) is 3.39. The lowest BCUT2D eigenvalue weighted by atomic mass is 9.47. The lowest BCUT2D eigenvalue weighted by Gasteiger charge is -2.58. The summed E-state index contributed by atoms with van der Waals surface area (Å²) in [6.07, 6.45) is 20.5. The first-order valence-electron chi connectivity index (χ1n) is 19.8. The van der Waals surface area contributed by atoms with Gasteiger partial charge in [0.2, 0.25) is 0 Å². The van der Waals surface area contributed by atoms with Crippen LogP contribution >= 0.6 is 0 Å². The van der Waals surface area contributed by atoms with Crippen LogP contribution in [0.4, 0.5) is 4.79 Å². The molecule has 0 aromatic carbocycles. The van der Waals surface area contributed by atoms with Crippen LogP contribution in [-0.4, -0.2) is 56.4 Å². The van der Waals surface area contributed by atoms with Gasteiger partial charge < -0.3 is 26.4 Å². The molecule has 266 valence electrons. The molecule has 9 atom stereocenters. The molecule has 0 radical (unpaired) electrons. The lowest BCUT2D eigenvalue weighted by molar-refractivity contribution is -0.0595. The van der Waals surface area contributed by atoms with Crippen LogP contribution in [0.3, 0.4) is 0 Å². The van der Waals surface area contributed by atoms with Crippen molar-refractivity contribution in [1.29, 1.82) is 0 Å². The van der Waals surface area contributed by atoms with E-state index in [1.807, 2.05) is 4.90 Å². The number of carbonyl (C=O) groups excluding carboxylic acids is 1. The summed E-state index contributed by atoms with van der Waals surface area (Å²) in [6, 6.07) is 0. The monoisotopic (exact) mass is 643 g/mol. The van der Waals surface area contributed by atoms with Gasteiger partial charge in [-0.15, -0.1) is 0 Å². The molecule has 0 aromatic heterocycles. The van der Waals surface area contributed by atoms with E-state index in [0.717, 1.165) is 113 Å². The maximum atomic E-state index is 13.4. The van der Waals surface area contributed by atoms with Crippen molar-refractivity contribution in [2.75, 3.05) is 39.3 Å². The largest absolute Gasteiger partial charge is 0.446 e. The van der Waals surface area contributed by atoms with Crippen molar-refractivity contribution in [3.8, 4) is 0 Å². The molecule has 4 aliphatic rings. The highest BCUT2D eigenvalue weighted by atomic mass is 16.6. The van der Waals surface area contributed by atoms with Crippen LogP contribution in [0.1, 0.15) is 138 Å². The number of nitrogens with two attached hydrogens (primary N) is 2. The van der Waals surface area contributed by atoms with Crippen LogP contribution in [-0.2, 0) is 4.74 Å². The topological polar surface area (TPSA) is 93.6 Å². The molecule has 0 heterocycles. The first-order chi connectivity index (χ1) is 22.1. The molecule has 3 saturated carbocycles. The van der Waals surface area contributed by atoms with Crippen molar-refractivity contribution in [1.82, 2.24) is 10.2 Å². The number of hydrogen-bond donors (Lipinski definition) is 3. The van der Waals surface area contributed by atoms with Gasteiger partial charge in [0.05, 0.1) is 0 Å². The van der Waals surface area contributed by atoms with Crippen molar-refractivity contribution < 1.29 is 9.53 Å². The summed E-state index contributed by atoms with van der Waals surface area (Å²) in [5, 5.41) is 3.44. The summed E-state index contributed by atoms with van der Waals surface area (Å²) in [5.74, 6) is 5.93. The third kappa shape index (κ3) is 8.72. The van der Waals surface area contributed by atoms with Gasteiger partial charge in [0.1, 0.15) is 6.10 Å². The fraction of sp³-hybridized carbons (Fsp3) is 0.925. The predicted molar refractivity (Wildman–Crippen MR) is 193 cm³/mol. The van der Waals surface area contributed by atoms with Crippen molar-refractivity contribution in [2.24, 2.45) is 63.7 Å². The van der Waals surface area contributed by atoms with Gasteiger partial charge in [0.25, 0.3) is 0 Å². The number of allylic oxidation sites excluding steroid dienone is 1. The third-order valence-corrected chi connectivity index (χ3v) is 14.0. The Bertz CT molecular complexity index is 969. The van der Waals surface area contributed by atoms with Gasteiger partial charge in [-0.1, -0.05) is 66.0 Å². The van der Waals surface area contributed by atoms with E-state index >= 15 is 0 Å². The predicted octanol–water partition coefficient (Wildman–Crippen LogP) is 8.54. The maximum absolute atomic E-state index is 13.4. The number of rotatable bonds is 18. The zero-order chi connectivity index (χ0) is 33.3. The van der Waals surface area contributed by atoms with Crippen LogP contribution in [0.25, 0.3) is 0 Å². The highest BCUT2D eigenvalue weighted by Crippen LogP contribution is 2.67. The van der Waals surface area contributed by atoms with E-state index < -0.39 is 0 Å². The highest BCUT2D eigenvalue weighted by Gasteiger charge is 2.59. The van der Waals surface area contributed by atoms with Gasteiger partial charge in [-0.25, -0.2) is 4.79 Å². The van der Waals surface area contributed by atoms with E-state index in [1.165, 1.54) is 51.4 Å². The molecule has 6 heteroatoms. The number of carbonyl (C=O) groups is 1. The molecule has 0 spiro atoms. The van der Waals surface area contributed by atoms with Gasteiger partial charge >= 0.3 is 6.09 Å². The molecule has 1 amide bonds. The van der Waals surface area contributed by atoms with Gasteiger partial charge in [-0.3, -0.25) is 0 Å². The van der Waals surface area contributed by atoms with Crippen LogP contribution in [0.5, 0.6) is 0 Å². The minimum atomic E-state index is -0.134. The van der Waals surface area contributed by atoms with Gasteiger partial charge in [-0.05, 0) is 155 Å². The van der Waals surface area contributed by atoms with E-state index in [9.17, 15) is 4.79 Å². The average molecular weight is 643 g/mol. The Morgan fingerprint density at radius 3 is 2.41 bits per heavy atom. The Morgan fingerprint density at radius 1 is 0.957 bits per heavy atom. The van der Waals surface area contributed by atoms with Gasteiger partial charge in [0.15, 0.2) is 0 Å². The van der Waals surface area contributed by atoms with E-state index in [2.05, 4.69) is 52.9 Å². The summed E-state index contributed by atoms with van der Waals surface area (Å²) < 4.78 is 6.25. The fourth-order valence-corrected chi connectivity index (χ4v) is 11.1. The standard InChI is InChI=1S/C40H74N4O2/c1-7-31(29(2)3)13-12-30(4)35-16-17-36-34-15-14-32-28-33(18-20-39(32,5)37(34)19-21-40(35,36)6)46-38(45)44(27-11-23-42)26-9-8-24-43-25-10-22-41/h14,29-31,33-37,43H,7-13,15-28,41-42H2,1-6H3/t30-,31-,33+,34+,35-,36+,37+,39+,40-/m1/s1. The summed E-state index contributed by atoms with van der Waals surface area (Å²) in [4.78, 5) is 15.3. The minimum Gasteiger partial charge on any atom is -0.446 e. The molecule has 0 aliphatic heterocycles. The first kappa shape index (κ1) is 37.7. The molecule has 3 fully saturated rings. The smallest absolute Gasteiger partial charge is 0.410 e. The Morgan fingerprint density at radius 2 is 1.70 bits per heavy atom. The highest BCUT2D eigenvalue weighted by molar-refractivity contribution is 5.67. The second-order valence-electron chi connectivity index (χ2n) is 16.9. The quantitative estimate of drug-likeness (QED) is 0.103. The summed E-state index contributed by atoms with van der Waals surface area (Å²) in [5.41, 5.74) is 13.8. The fourth-order valence-electron chi connectivity index (χ4n) is 11.1. The molecule has 0 saturated heterocycles. The number of fused-ring (bicyclic) bond motifs is 5. The maximum Gasteiger partial charge on any atom is 0.410 e. The molecule has 6 nitrogen and oxygen atoms in total. The summed E-state index contributed by atoms with van der Waals surface area (Å²) in [6.45, 7) is 19.8. The van der Waals surface area contributed by atoms with E-state index in [1.54, 1.807) is 5.57 Å². The number of amides is 1. The molecule has 0 bridgehead atoms. The van der Waals surface area contributed by atoms with Crippen LogP contribution in [0.15, 0.2) is 11.6 Å². The minimum absolute atomic E-state index is 0.00466. The van der Waals surface area contributed by atoms with E-state index in [0.29, 0.717) is 18.5 Å². The van der Waals surface area contributed by atoms with E-state index in [-0.39, 0.29) is 17.6 Å². The SMILES string of the molecule is CC[C@H](CC[C@@H](C)[C@H]1CC[C@H]2[C@@H]3CC=C4C[C@@H](OC(=O)N(CCCN)CCCCNCCCN)CC[C@]4(C)[C@H]3CC[C@]12C)C(C)C. The third-order valence-electron chi connectivity index (χ3n) is 14.0. The normalized spacial score (nSPS) is 33.5. The van der Waals surface area contributed by atoms with Crippen molar-refractivity contribution in [3.05, 3.63) is 11.6 Å². The molecule has 4 rings (SSSR count). The second kappa shape index (κ2) is 17.5. The Kier molecular flexibility index (Phi) is 14.4. The summed E-state index contributed by atoms with van der Waals surface area (Å²) >= 11 is 0. The number of nitrogens with zero attached hydrogens (tertiary/aromatic N) is 1. The molecule has 4 aliphatic carbocycles. The van der Waals surface area contributed by atoms with Crippen molar-refractivity contribution in [3.63, 3.8) is 0 Å². The Balaban J connectivity index is 1.33. The Hall–Kier alpha value is -1.11. The van der Waals surface area contributed by atoms with Crippen molar-refractivity contribution in [2.45, 2.75) is 144 Å². The zero-order valence-corrected chi connectivity index (χ0v) is 31.0. The number of nitrogens with one attached hydrogen (secondary N) is 1. The van der Waals surface area contributed by atoms with Gasteiger partial charge in [-0.2, -0.15) is 0 Å². The molecule has 0 unspecified atom stereocenters. The van der Waals surface area contributed by atoms with Crippen molar-refractivity contribution >= 4 is 6.09 Å². The second-order valence-corrected chi connectivity index (χ2v) is 16.9. The van der Waals surface area contributed by atoms with E-state index in [4.69, 9.17) is 16.2 Å². The number of unbranched alkanes of at least 4 members (excludes halogenated alkanes) is 1. The molecule has 0 aromatic rings.